The summed E-state index contributed by atoms with van der Waals surface area (Å²) in [5, 5.41) is 0.549. The highest BCUT2D eigenvalue weighted by atomic mass is 16.5. The molecule has 8 nitrogen and oxygen atoms in total. The predicted molar refractivity (Wildman–Crippen MR) is 77.8 cm³/mol. The Labute approximate surface area is 129 Å². The number of amides is 4. The number of likely N-dealkylation sites (N-methyl/N-ethyl adjacent to an activating group) is 1. The van der Waals surface area contributed by atoms with Crippen LogP contribution in [-0.2, 0) is 16.1 Å². The van der Waals surface area contributed by atoms with Crippen molar-refractivity contribution >= 4 is 28.8 Å². The van der Waals surface area contributed by atoms with E-state index in [1.54, 1.807) is 12.1 Å². The zero-order valence-corrected chi connectivity index (χ0v) is 12.4. The van der Waals surface area contributed by atoms with Crippen molar-refractivity contribution in [2.24, 2.45) is 0 Å². The van der Waals surface area contributed by atoms with Crippen LogP contribution < -0.4 is 10.4 Å². The minimum absolute atomic E-state index is 0.192. The van der Waals surface area contributed by atoms with Gasteiger partial charge in [-0.15, -0.1) is 0 Å². The first kappa shape index (κ1) is 14.8. The summed E-state index contributed by atoms with van der Waals surface area (Å²) in [5.74, 6) is -1.32. The summed E-state index contributed by atoms with van der Waals surface area (Å²) in [4.78, 5) is 48.6. The molecule has 0 spiro atoms. The molecule has 0 bridgehead atoms. The molecule has 1 aromatic carbocycles. The third kappa shape index (κ3) is 2.33. The SMILES string of the molecule is COc1ccc2c(CN3C(=O)C(=O)N(C)C3=O)cc(=O)oc2c1. The number of nitrogens with zero attached hydrogens (tertiary/aromatic N) is 2. The highest BCUT2D eigenvalue weighted by Crippen LogP contribution is 2.24. The zero-order chi connectivity index (χ0) is 16.7. The van der Waals surface area contributed by atoms with Crippen LogP contribution in [0.3, 0.4) is 0 Å². The van der Waals surface area contributed by atoms with E-state index in [9.17, 15) is 19.2 Å². The highest BCUT2D eigenvalue weighted by molar-refractivity contribution is 6.44. The Morgan fingerprint density at radius 1 is 1.09 bits per heavy atom. The highest BCUT2D eigenvalue weighted by Gasteiger charge is 2.42. The molecule has 0 N–H and O–H groups in total. The van der Waals surface area contributed by atoms with Crippen LogP contribution in [0.5, 0.6) is 5.75 Å². The molecule has 0 aliphatic carbocycles. The molecule has 4 amide bonds. The van der Waals surface area contributed by atoms with Gasteiger partial charge in [0, 0.05) is 24.6 Å². The van der Waals surface area contributed by atoms with Crippen LogP contribution in [0.4, 0.5) is 4.79 Å². The number of benzene rings is 1. The Kier molecular flexibility index (Phi) is 3.36. The standard InChI is InChI=1S/C15H12N2O6/c1-16-13(19)14(20)17(15(16)21)7-8-5-12(18)23-11-6-9(22-2)3-4-10(8)11/h3-6H,7H2,1-2H3. The Morgan fingerprint density at radius 3 is 2.43 bits per heavy atom. The van der Waals surface area contributed by atoms with Gasteiger partial charge in [0.15, 0.2) is 0 Å². The third-order valence-electron chi connectivity index (χ3n) is 3.62. The maximum absolute atomic E-state index is 11.9. The number of urea groups is 1. The number of fused-ring (bicyclic) bond motifs is 1. The predicted octanol–water partition coefficient (Wildman–Crippen LogP) is 0.722. The summed E-state index contributed by atoms with van der Waals surface area (Å²) in [6.45, 7) is -0.192. The molecule has 3 rings (SSSR count). The molecule has 1 aliphatic rings. The molecule has 1 aliphatic heterocycles. The first-order valence-corrected chi connectivity index (χ1v) is 6.66. The summed E-state index contributed by atoms with van der Waals surface area (Å²) in [6, 6.07) is 5.32. The second-order valence-electron chi connectivity index (χ2n) is 4.99. The van der Waals surface area contributed by atoms with Gasteiger partial charge in [-0.1, -0.05) is 0 Å². The van der Waals surface area contributed by atoms with E-state index in [2.05, 4.69) is 0 Å². The van der Waals surface area contributed by atoms with Gasteiger partial charge < -0.3 is 9.15 Å². The van der Waals surface area contributed by atoms with Crippen LogP contribution in [0.15, 0.2) is 33.5 Å². The first-order chi connectivity index (χ1) is 10.9. The van der Waals surface area contributed by atoms with E-state index in [-0.39, 0.29) is 12.1 Å². The van der Waals surface area contributed by atoms with E-state index in [1.165, 1.54) is 26.3 Å². The smallest absolute Gasteiger partial charge is 0.336 e. The molecule has 0 atom stereocenters. The Morgan fingerprint density at radius 2 is 1.83 bits per heavy atom. The fourth-order valence-electron chi connectivity index (χ4n) is 2.39. The average molecular weight is 316 g/mol. The van der Waals surface area contributed by atoms with Crippen molar-refractivity contribution < 1.29 is 23.5 Å². The zero-order valence-electron chi connectivity index (χ0n) is 12.4. The summed E-state index contributed by atoms with van der Waals surface area (Å²) >= 11 is 0. The third-order valence-corrected chi connectivity index (χ3v) is 3.62. The maximum atomic E-state index is 11.9. The largest absolute Gasteiger partial charge is 0.497 e. The lowest BCUT2D eigenvalue weighted by atomic mass is 10.1. The van der Waals surface area contributed by atoms with Gasteiger partial charge in [-0.05, 0) is 17.7 Å². The van der Waals surface area contributed by atoms with Crippen LogP contribution in [0.25, 0.3) is 11.0 Å². The van der Waals surface area contributed by atoms with E-state index >= 15 is 0 Å². The van der Waals surface area contributed by atoms with Crippen molar-refractivity contribution in [3.05, 3.63) is 40.2 Å². The molecule has 2 heterocycles. The van der Waals surface area contributed by atoms with Crippen molar-refractivity contribution in [3.8, 4) is 5.75 Å². The Hall–Kier alpha value is -3.16. The van der Waals surface area contributed by atoms with E-state index in [0.29, 0.717) is 16.7 Å². The molecular formula is C15H12N2O6. The molecule has 0 radical (unpaired) electrons. The van der Waals surface area contributed by atoms with E-state index in [4.69, 9.17) is 9.15 Å². The molecule has 1 saturated heterocycles. The summed E-state index contributed by atoms with van der Waals surface area (Å²) in [5.41, 5.74) is 0.0499. The van der Waals surface area contributed by atoms with E-state index < -0.39 is 23.5 Å². The van der Waals surface area contributed by atoms with E-state index in [0.717, 1.165) is 9.80 Å². The number of carbonyl (C=O) groups excluding carboxylic acids is 3. The summed E-state index contributed by atoms with van der Waals surface area (Å²) < 4.78 is 10.2. The molecule has 118 valence electrons. The lowest BCUT2D eigenvalue weighted by molar-refractivity contribution is -0.143. The van der Waals surface area contributed by atoms with Crippen molar-refractivity contribution in [2.45, 2.75) is 6.54 Å². The average Bonchev–Trinajstić information content (AvgIpc) is 2.72. The monoisotopic (exact) mass is 316 g/mol. The minimum Gasteiger partial charge on any atom is -0.497 e. The minimum atomic E-state index is -0.924. The molecule has 1 aromatic heterocycles. The van der Waals surface area contributed by atoms with Gasteiger partial charge in [-0.25, -0.2) is 9.59 Å². The van der Waals surface area contributed by atoms with Gasteiger partial charge in [-0.3, -0.25) is 19.4 Å². The van der Waals surface area contributed by atoms with Crippen molar-refractivity contribution in [1.29, 1.82) is 0 Å². The molecule has 0 unspecified atom stereocenters. The van der Waals surface area contributed by atoms with Crippen LogP contribution in [0.2, 0.25) is 0 Å². The molecule has 2 aromatic rings. The van der Waals surface area contributed by atoms with Crippen LogP contribution in [0, 0.1) is 0 Å². The van der Waals surface area contributed by atoms with E-state index in [1.807, 2.05) is 0 Å². The van der Waals surface area contributed by atoms with Crippen LogP contribution in [0.1, 0.15) is 5.56 Å². The van der Waals surface area contributed by atoms with Gasteiger partial charge in [-0.2, -0.15) is 0 Å². The number of imide groups is 2. The fraction of sp³-hybridized carbons (Fsp3) is 0.200. The topological polar surface area (TPSA) is 97.1 Å². The van der Waals surface area contributed by atoms with Crippen LogP contribution >= 0.6 is 0 Å². The molecule has 1 fully saturated rings. The number of carbonyl (C=O) groups is 3. The lowest BCUT2D eigenvalue weighted by Gasteiger charge is -2.14. The van der Waals surface area contributed by atoms with Gasteiger partial charge in [0.05, 0.1) is 13.7 Å². The van der Waals surface area contributed by atoms with Crippen molar-refractivity contribution in [2.75, 3.05) is 14.2 Å². The van der Waals surface area contributed by atoms with Gasteiger partial charge in [0.25, 0.3) is 0 Å². The fourth-order valence-corrected chi connectivity index (χ4v) is 2.39. The Bertz CT molecular complexity index is 900. The number of rotatable bonds is 3. The molecule has 0 saturated carbocycles. The lowest BCUT2D eigenvalue weighted by Crippen LogP contribution is -2.31. The number of ether oxygens (including phenoxy) is 1. The second-order valence-corrected chi connectivity index (χ2v) is 4.99. The van der Waals surface area contributed by atoms with Gasteiger partial charge >= 0.3 is 23.5 Å². The molecule has 23 heavy (non-hydrogen) atoms. The summed E-state index contributed by atoms with van der Waals surface area (Å²) in [6.07, 6.45) is 0. The van der Waals surface area contributed by atoms with Crippen molar-refractivity contribution in [1.82, 2.24) is 9.80 Å². The van der Waals surface area contributed by atoms with Crippen molar-refractivity contribution in [3.63, 3.8) is 0 Å². The quantitative estimate of drug-likeness (QED) is 0.470. The Balaban J connectivity index is 2.07. The molecule has 8 heteroatoms. The number of methoxy groups -OCH3 is 1. The van der Waals surface area contributed by atoms with Gasteiger partial charge in [0.1, 0.15) is 11.3 Å². The first-order valence-electron chi connectivity index (χ1n) is 6.66. The molecular weight excluding hydrogens is 304 g/mol. The maximum Gasteiger partial charge on any atom is 0.336 e. The van der Waals surface area contributed by atoms with Gasteiger partial charge in [0.2, 0.25) is 0 Å². The normalized spacial score (nSPS) is 15.0. The number of hydrogen-bond acceptors (Lipinski definition) is 6. The number of hydrogen-bond donors (Lipinski definition) is 0. The second kappa shape index (κ2) is 5.24. The van der Waals surface area contributed by atoms with Crippen LogP contribution in [-0.4, -0.2) is 41.8 Å². The summed E-state index contributed by atoms with van der Waals surface area (Å²) in [7, 11) is 2.71.